The fourth-order valence-electron chi connectivity index (χ4n) is 2.11. The van der Waals surface area contributed by atoms with E-state index in [0.717, 1.165) is 10.9 Å². The number of carbonyl (C=O) groups is 1. The maximum absolute atomic E-state index is 11.6. The summed E-state index contributed by atoms with van der Waals surface area (Å²) in [4.78, 5) is 17.9. The predicted molar refractivity (Wildman–Crippen MR) is 81.0 cm³/mol. The lowest BCUT2D eigenvalue weighted by atomic mass is 10.1. The molecule has 0 aliphatic carbocycles. The Balaban J connectivity index is 2.55. The SMILES string of the molecule is COC(=O)CN(c1nc2ccccc2cc1C#N)C(C)C. The van der Waals surface area contributed by atoms with E-state index in [1.807, 2.05) is 38.1 Å². The monoisotopic (exact) mass is 283 g/mol. The Kier molecular flexibility index (Phi) is 4.39. The van der Waals surface area contributed by atoms with Crippen molar-refractivity contribution < 1.29 is 9.53 Å². The van der Waals surface area contributed by atoms with Crippen LogP contribution in [0.2, 0.25) is 0 Å². The number of esters is 1. The van der Waals surface area contributed by atoms with Gasteiger partial charge in [0.15, 0.2) is 0 Å². The number of ether oxygens (including phenoxy) is 1. The Hall–Kier alpha value is -2.61. The summed E-state index contributed by atoms with van der Waals surface area (Å²) in [6, 6.07) is 11.6. The van der Waals surface area contributed by atoms with Crippen LogP contribution in [0.4, 0.5) is 5.82 Å². The van der Waals surface area contributed by atoms with Crippen molar-refractivity contribution in [3.63, 3.8) is 0 Å². The molecule has 0 saturated carbocycles. The summed E-state index contributed by atoms with van der Waals surface area (Å²) in [5.41, 5.74) is 1.24. The van der Waals surface area contributed by atoms with E-state index in [2.05, 4.69) is 11.1 Å². The number of methoxy groups -OCH3 is 1. The van der Waals surface area contributed by atoms with Crippen molar-refractivity contribution in [1.29, 1.82) is 5.26 Å². The average molecular weight is 283 g/mol. The first-order chi connectivity index (χ1) is 10.1. The molecule has 2 rings (SSSR count). The first kappa shape index (κ1) is 14.8. The molecule has 0 spiro atoms. The Morgan fingerprint density at radius 3 is 2.76 bits per heavy atom. The second-order valence-electron chi connectivity index (χ2n) is 4.96. The number of hydrogen-bond acceptors (Lipinski definition) is 5. The number of carbonyl (C=O) groups excluding carboxylic acids is 1. The molecule has 0 radical (unpaired) electrons. The van der Waals surface area contributed by atoms with Gasteiger partial charge >= 0.3 is 5.97 Å². The highest BCUT2D eigenvalue weighted by molar-refractivity contribution is 5.84. The van der Waals surface area contributed by atoms with Crippen LogP contribution in [0.5, 0.6) is 0 Å². The Morgan fingerprint density at radius 1 is 1.43 bits per heavy atom. The molecule has 1 aromatic heterocycles. The first-order valence-corrected chi connectivity index (χ1v) is 6.70. The van der Waals surface area contributed by atoms with Gasteiger partial charge in [-0.2, -0.15) is 5.26 Å². The summed E-state index contributed by atoms with van der Waals surface area (Å²) in [7, 11) is 1.35. The predicted octanol–water partition coefficient (Wildman–Crippen LogP) is 2.49. The molecule has 1 heterocycles. The lowest BCUT2D eigenvalue weighted by molar-refractivity contribution is -0.139. The minimum absolute atomic E-state index is 0.0184. The number of para-hydroxylation sites is 1. The van der Waals surface area contributed by atoms with Gasteiger partial charge < -0.3 is 9.64 Å². The van der Waals surface area contributed by atoms with Gasteiger partial charge in [0.05, 0.1) is 18.2 Å². The van der Waals surface area contributed by atoms with Crippen LogP contribution in [0.1, 0.15) is 19.4 Å². The van der Waals surface area contributed by atoms with Crippen LogP contribution in [0.3, 0.4) is 0 Å². The molecule has 0 N–H and O–H groups in total. The van der Waals surface area contributed by atoms with E-state index in [9.17, 15) is 10.1 Å². The standard InChI is InChI=1S/C16H17N3O2/c1-11(2)19(10-15(20)21-3)16-13(9-17)8-12-6-4-5-7-14(12)18-16/h4-8,11H,10H2,1-3H3. The van der Waals surface area contributed by atoms with Crippen LogP contribution < -0.4 is 4.90 Å². The van der Waals surface area contributed by atoms with Crippen molar-refractivity contribution in [1.82, 2.24) is 4.98 Å². The topological polar surface area (TPSA) is 66.2 Å². The summed E-state index contributed by atoms with van der Waals surface area (Å²) in [5, 5.41) is 10.3. The molecule has 0 amide bonds. The minimum Gasteiger partial charge on any atom is -0.468 e. The molecule has 5 nitrogen and oxygen atoms in total. The average Bonchev–Trinajstić information content (AvgIpc) is 2.50. The highest BCUT2D eigenvalue weighted by Crippen LogP contribution is 2.24. The summed E-state index contributed by atoms with van der Waals surface area (Å²) in [6.07, 6.45) is 0. The third kappa shape index (κ3) is 3.11. The lowest BCUT2D eigenvalue weighted by Crippen LogP contribution is -2.37. The van der Waals surface area contributed by atoms with E-state index in [1.54, 1.807) is 11.0 Å². The summed E-state index contributed by atoms with van der Waals surface area (Å²) >= 11 is 0. The number of aromatic nitrogens is 1. The quantitative estimate of drug-likeness (QED) is 0.806. The number of fused-ring (bicyclic) bond motifs is 1. The van der Waals surface area contributed by atoms with E-state index < -0.39 is 0 Å². The third-order valence-corrected chi connectivity index (χ3v) is 3.25. The van der Waals surface area contributed by atoms with E-state index in [-0.39, 0.29) is 18.6 Å². The van der Waals surface area contributed by atoms with Crippen molar-refractivity contribution in [2.24, 2.45) is 0 Å². The number of pyridine rings is 1. The first-order valence-electron chi connectivity index (χ1n) is 6.70. The molecule has 21 heavy (non-hydrogen) atoms. The normalized spacial score (nSPS) is 10.4. The van der Waals surface area contributed by atoms with Crippen LogP contribution in [0.25, 0.3) is 10.9 Å². The molecule has 108 valence electrons. The zero-order chi connectivity index (χ0) is 15.4. The minimum atomic E-state index is -0.359. The van der Waals surface area contributed by atoms with Gasteiger partial charge in [-0.15, -0.1) is 0 Å². The molecule has 0 unspecified atom stereocenters. The second kappa shape index (κ2) is 6.23. The van der Waals surface area contributed by atoms with Gasteiger partial charge in [-0.25, -0.2) is 4.98 Å². The van der Waals surface area contributed by atoms with Crippen LogP contribution in [0.15, 0.2) is 30.3 Å². The van der Waals surface area contributed by atoms with Gasteiger partial charge in [-0.05, 0) is 26.0 Å². The van der Waals surface area contributed by atoms with Crippen molar-refractivity contribution in [3.05, 3.63) is 35.9 Å². The summed E-state index contributed by atoms with van der Waals surface area (Å²) in [5.74, 6) is 0.152. The molecule has 5 heteroatoms. The van der Waals surface area contributed by atoms with Crippen LogP contribution in [-0.2, 0) is 9.53 Å². The summed E-state index contributed by atoms with van der Waals surface area (Å²) in [6.45, 7) is 3.95. The van der Waals surface area contributed by atoms with E-state index in [4.69, 9.17) is 4.74 Å². The van der Waals surface area contributed by atoms with Crippen molar-refractivity contribution in [3.8, 4) is 6.07 Å². The third-order valence-electron chi connectivity index (χ3n) is 3.25. The number of nitrogens with zero attached hydrogens (tertiary/aromatic N) is 3. The maximum atomic E-state index is 11.6. The van der Waals surface area contributed by atoms with Gasteiger partial charge in [0.25, 0.3) is 0 Å². The fraction of sp³-hybridized carbons (Fsp3) is 0.312. The molecule has 0 aliphatic heterocycles. The molecule has 0 bridgehead atoms. The molecule has 1 aromatic carbocycles. The van der Waals surface area contributed by atoms with E-state index in [1.165, 1.54) is 7.11 Å². The summed E-state index contributed by atoms with van der Waals surface area (Å²) < 4.78 is 4.72. The highest BCUT2D eigenvalue weighted by atomic mass is 16.5. The maximum Gasteiger partial charge on any atom is 0.325 e. The number of rotatable bonds is 4. The highest BCUT2D eigenvalue weighted by Gasteiger charge is 2.20. The van der Waals surface area contributed by atoms with Crippen molar-refractivity contribution in [2.45, 2.75) is 19.9 Å². The van der Waals surface area contributed by atoms with Gasteiger partial charge in [0.2, 0.25) is 0 Å². The van der Waals surface area contributed by atoms with E-state index >= 15 is 0 Å². The zero-order valence-electron chi connectivity index (χ0n) is 12.3. The van der Waals surface area contributed by atoms with E-state index in [0.29, 0.717) is 11.4 Å². The smallest absolute Gasteiger partial charge is 0.325 e. The largest absolute Gasteiger partial charge is 0.468 e. The van der Waals surface area contributed by atoms with Crippen LogP contribution in [-0.4, -0.2) is 30.6 Å². The lowest BCUT2D eigenvalue weighted by Gasteiger charge is -2.27. The Labute approximate surface area is 123 Å². The molecule has 2 aromatic rings. The molecule has 0 fully saturated rings. The van der Waals surface area contributed by atoms with Gasteiger partial charge in [0, 0.05) is 11.4 Å². The Bertz CT molecular complexity index is 704. The molecule has 0 atom stereocenters. The van der Waals surface area contributed by atoms with Gasteiger partial charge in [0.1, 0.15) is 18.4 Å². The molecule has 0 aliphatic rings. The fourth-order valence-corrected chi connectivity index (χ4v) is 2.11. The number of anilines is 1. The zero-order valence-corrected chi connectivity index (χ0v) is 12.3. The van der Waals surface area contributed by atoms with Gasteiger partial charge in [-0.3, -0.25) is 4.79 Å². The van der Waals surface area contributed by atoms with Crippen LogP contribution >= 0.6 is 0 Å². The number of nitriles is 1. The van der Waals surface area contributed by atoms with Crippen LogP contribution in [0, 0.1) is 11.3 Å². The molecule has 0 saturated heterocycles. The number of benzene rings is 1. The molecular weight excluding hydrogens is 266 g/mol. The second-order valence-corrected chi connectivity index (χ2v) is 4.96. The van der Waals surface area contributed by atoms with Crippen molar-refractivity contribution >= 4 is 22.7 Å². The number of hydrogen-bond donors (Lipinski definition) is 0. The van der Waals surface area contributed by atoms with Gasteiger partial charge in [-0.1, -0.05) is 18.2 Å². The molecular formula is C16H17N3O2. The van der Waals surface area contributed by atoms with Crippen molar-refractivity contribution in [2.75, 3.05) is 18.6 Å². The Morgan fingerprint density at radius 2 is 2.14 bits per heavy atom.